The molecule has 2 nitrogen and oxygen atoms in total. The average molecular weight is 310 g/mol. The molecule has 0 radical (unpaired) electrons. The van der Waals surface area contributed by atoms with Crippen LogP contribution in [0.2, 0.25) is 0 Å². The number of benzene rings is 1. The molecule has 0 heterocycles. The van der Waals surface area contributed by atoms with E-state index >= 15 is 0 Å². The van der Waals surface area contributed by atoms with Gasteiger partial charge in [-0.3, -0.25) is 0 Å². The van der Waals surface area contributed by atoms with Crippen LogP contribution in [0.15, 0.2) is 34.8 Å². The number of halogens is 1. The van der Waals surface area contributed by atoms with Crippen LogP contribution < -0.4 is 10.5 Å². The summed E-state index contributed by atoms with van der Waals surface area (Å²) < 4.78 is 7.09. The van der Waals surface area contributed by atoms with Crippen molar-refractivity contribution in [2.75, 3.05) is 0 Å². The van der Waals surface area contributed by atoms with Gasteiger partial charge in [-0.15, -0.1) is 0 Å². The molecule has 1 aromatic carbocycles. The van der Waals surface area contributed by atoms with Crippen molar-refractivity contribution in [2.45, 2.75) is 44.8 Å². The fraction of sp³-hybridized carbons (Fsp3) is 0.467. The van der Waals surface area contributed by atoms with Crippen LogP contribution in [-0.4, -0.2) is 12.1 Å². The highest BCUT2D eigenvalue weighted by Gasteiger charge is 2.11. The summed E-state index contributed by atoms with van der Waals surface area (Å²) in [7, 11) is 0. The van der Waals surface area contributed by atoms with Gasteiger partial charge >= 0.3 is 0 Å². The maximum atomic E-state index is 5.98. The van der Waals surface area contributed by atoms with E-state index in [2.05, 4.69) is 34.1 Å². The Morgan fingerprint density at radius 2 is 2.33 bits per heavy atom. The fourth-order valence-electron chi connectivity index (χ4n) is 2.18. The monoisotopic (exact) mass is 309 g/mol. The third kappa shape index (κ3) is 3.85. The van der Waals surface area contributed by atoms with E-state index in [9.17, 15) is 0 Å². The number of hydrogen-bond acceptors (Lipinski definition) is 2. The molecule has 2 atom stereocenters. The van der Waals surface area contributed by atoms with Crippen LogP contribution in [0.5, 0.6) is 5.75 Å². The topological polar surface area (TPSA) is 35.2 Å². The third-order valence-electron chi connectivity index (χ3n) is 3.06. The van der Waals surface area contributed by atoms with Crippen molar-refractivity contribution in [2.24, 2.45) is 5.73 Å². The third-order valence-corrected chi connectivity index (χ3v) is 3.83. The molecule has 1 aliphatic rings. The normalized spacial score (nSPS) is 20.7. The van der Waals surface area contributed by atoms with Crippen molar-refractivity contribution < 1.29 is 4.74 Å². The lowest BCUT2D eigenvalue weighted by molar-refractivity contribution is 0.229. The molecule has 0 saturated heterocycles. The molecule has 0 aromatic heterocycles. The molecule has 0 bridgehead atoms. The number of nitrogens with two attached hydrogens (primary N) is 1. The lowest BCUT2D eigenvalue weighted by Gasteiger charge is -2.19. The molecular weight excluding hydrogens is 290 g/mol. The van der Waals surface area contributed by atoms with Crippen molar-refractivity contribution in [3.8, 4) is 5.75 Å². The molecule has 0 saturated carbocycles. The van der Waals surface area contributed by atoms with Gasteiger partial charge in [-0.25, -0.2) is 0 Å². The average Bonchev–Trinajstić information content (AvgIpc) is 2.34. The standard InChI is InChI=1S/C15H20BrNO/c1-11(17)9-12-10-14(7-8-15(12)16)18-13-5-3-2-4-6-13/h3,5,7-8,10-11,13H,2,4,6,9,17H2,1H3. The molecule has 98 valence electrons. The molecule has 0 amide bonds. The molecule has 0 aliphatic heterocycles. The first-order valence-corrected chi connectivity index (χ1v) is 7.32. The predicted molar refractivity (Wildman–Crippen MR) is 78.9 cm³/mol. The van der Waals surface area contributed by atoms with E-state index in [4.69, 9.17) is 10.5 Å². The van der Waals surface area contributed by atoms with E-state index in [-0.39, 0.29) is 12.1 Å². The van der Waals surface area contributed by atoms with E-state index in [0.29, 0.717) is 0 Å². The fourth-order valence-corrected chi connectivity index (χ4v) is 2.59. The Morgan fingerprint density at radius 1 is 1.50 bits per heavy atom. The largest absolute Gasteiger partial charge is 0.486 e. The summed E-state index contributed by atoms with van der Waals surface area (Å²) in [4.78, 5) is 0. The van der Waals surface area contributed by atoms with Crippen LogP contribution in [-0.2, 0) is 6.42 Å². The maximum absolute atomic E-state index is 5.98. The van der Waals surface area contributed by atoms with Gasteiger partial charge in [0.15, 0.2) is 0 Å². The van der Waals surface area contributed by atoms with Gasteiger partial charge in [0, 0.05) is 10.5 Å². The van der Waals surface area contributed by atoms with E-state index in [1.807, 2.05) is 19.1 Å². The molecule has 2 N–H and O–H groups in total. The van der Waals surface area contributed by atoms with Crippen LogP contribution in [0, 0.1) is 0 Å². The smallest absolute Gasteiger partial charge is 0.120 e. The van der Waals surface area contributed by atoms with Crippen molar-refractivity contribution in [1.29, 1.82) is 0 Å². The quantitative estimate of drug-likeness (QED) is 0.858. The van der Waals surface area contributed by atoms with E-state index < -0.39 is 0 Å². The lowest BCUT2D eigenvalue weighted by Crippen LogP contribution is -2.18. The Kier molecular flexibility index (Phi) is 4.84. The minimum atomic E-state index is 0.158. The molecule has 1 aromatic rings. The second-order valence-electron chi connectivity index (χ2n) is 4.95. The van der Waals surface area contributed by atoms with Gasteiger partial charge in [-0.05, 0) is 62.4 Å². The number of allylic oxidation sites excluding steroid dienone is 1. The first-order valence-electron chi connectivity index (χ1n) is 6.52. The van der Waals surface area contributed by atoms with Gasteiger partial charge in [-0.2, -0.15) is 0 Å². The summed E-state index contributed by atoms with van der Waals surface area (Å²) in [5.41, 5.74) is 7.07. The number of rotatable bonds is 4. The lowest BCUT2D eigenvalue weighted by atomic mass is 10.0. The van der Waals surface area contributed by atoms with Crippen molar-refractivity contribution in [3.63, 3.8) is 0 Å². The van der Waals surface area contributed by atoms with Gasteiger partial charge in [-0.1, -0.05) is 22.0 Å². The van der Waals surface area contributed by atoms with Gasteiger partial charge in [0.2, 0.25) is 0 Å². The van der Waals surface area contributed by atoms with Crippen LogP contribution >= 0.6 is 15.9 Å². The Labute approximate surface area is 117 Å². The molecule has 2 rings (SSSR count). The summed E-state index contributed by atoms with van der Waals surface area (Å²) in [5.74, 6) is 0.936. The van der Waals surface area contributed by atoms with E-state index in [1.54, 1.807) is 0 Å². The second kappa shape index (κ2) is 6.39. The minimum absolute atomic E-state index is 0.158. The van der Waals surface area contributed by atoms with Crippen molar-refractivity contribution >= 4 is 15.9 Å². The summed E-state index contributed by atoms with van der Waals surface area (Å²) >= 11 is 3.56. The molecule has 0 fully saturated rings. The molecule has 2 unspecified atom stereocenters. The van der Waals surface area contributed by atoms with Gasteiger partial charge in [0.05, 0.1) is 0 Å². The van der Waals surface area contributed by atoms with Crippen molar-refractivity contribution in [1.82, 2.24) is 0 Å². The minimum Gasteiger partial charge on any atom is -0.486 e. The zero-order valence-electron chi connectivity index (χ0n) is 10.7. The maximum Gasteiger partial charge on any atom is 0.120 e. The zero-order valence-corrected chi connectivity index (χ0v) is 12.3. The van der Waals surface area contributed by atoms with Gasteiger partial charge in [0.25, 0.3) is 0 Å². The predicted octanol–water partition coefficient (Wildman–Crippen LogP) is 3.83. The number of hydrogen-bond donors (Lipinski definition) is 1. The zero-order chi connectivity index (χ0) is 13.0. The Hall–Kier alpha value is -0.800. The van der Waals surface area contributed by atoms with Gasteiger partial charge < -0.3 is 10.5 Å². The molecule has 18 heavy (non-hydrogen) atoms. The van der Waals surface area contributed by atoms with Crippen LogP contribution in [0.1, 0.15) is 31.7 Å². The molecule has 3 heteroatoms. The highest BCUT2D eigenvalue weighted by atomic mass is 79.9. The first-order chi connectivity index (χ1) is 8.65. The van der Waals surface area contributed by atoms with Gasteiger partial charge in [0.1, 0.15) is 11.9 Å². The summed E-state index contributed by atoms with van der Waals surface area (Å²) in [6.45, 7) is 2.02. The Bertz CT molecular complexity index is 429. The summed E-state index contributed by atoms with van der Waals surface area (Å²) in [6.07, 6.45) is 8.95. The summed E-state index contributed by atoms with van der Waals surface area (Å²) in [6, 6.07) is 6.30. The van der Waals surface area contributed by atoms with Crippen LogP contribution in [0.4, 0.5) is 0 Å². The molecule has 1 aliphatic carbocycles. The Balaban J connectivity index is 2.08. The SMILES string of the molecule is CC(N)Cc1cc(OC2C=CCCC2)ccc1Br. The second-order valence-corrected chi connectivity index (χ2v) is 5.80. The first kappa shape index (κ1) is 13.6. The highest BCUT2D eigenvalue weighted by molar-refractivity contribution is 9.10. The van der Waals surface area contributed by atoms with Crippen molar-refractivity contribution in [3.05, 3.63) is 40.4 Å². The number of ether oxygens (including phenoxy) is 1. The van der Waals surface area contributed by atoms with E-state index in [0.717, 1.165) is 23.1 Å². The highest BCUT2D eigenvalue weighted by Crippen LogP contribution is 2.26. The van der Waals surface area contributed by atoms with E-state index in [1.165, 1.54) is 18.4 Å². The molecule has 0 spiro atoms. The summed E-state index contributed by atoms with van der Waals surface area (Å²) in [5, 5.41) is 0. The Morgan fingerprint density at radius 3 is 3.00 bits per heavy atom. The van der Waals surface area contributed by atoms with Crippen LogP contribution in [0.25, 0.3) is 0 Å². The molecular formula is C15H20BrNO. The van der Waals surface area contributed by atoms with Crippen LogP contribution in [0.3, 0.4) is 0 Å².